The molecule has 0 aliphatic rings. The van der Waals surface area contributed by atoms with Crippen molar-refractivity contribution in [1.29, 1.82) is 0 Å². The van der Waals surface area contributed by atoms with Crippen molar-refractivity contribution in [2.75, 3.05) is 0 Å². The monoisotopic (exact) mass is 272 g/mol. The lowest BCUT2D eigenvalue weighted by Crippen LogP contribution is -2.33. The van der Waals surface area contributed by atoms with Crippen LogP contribution in [0, 0.1) is 0 Å². The van der Waals surface area contributed by atoms with Gasteiger partial charge in [-0.15, -0.1) is 0 Å². The lowest BCUT2D eigenvalue weighted by atomic mass is 10.1. The van der Waals surface area contributed by atoms with Crippen LogP contribution in [0.25, 0.3) is 0 Å². The highest BCUT2D eigenvalue weighted by molar-refractivity contribution is 7.71. The van der Waals surface area contributed by atoms with Crippen LogP contribution in [0.5, 0.6) is 0 Å². The van der Waals surface area contributed by atoms with E-state index in [0.717, 1.165) is 12.1 Å². The summed E-state index contributed by atoms with van der Waals surface area (Å²) in [5, 5.41) is 0.690. The summed E-state index contributed by atoms with van der Waals surface area (Å²) in [5.74, 6) is -4.96. The van der Waals surface area contributed by atoms with Gasteiger partial charge in [0.2, 0.25) is 10.3 Å². The van der Waals surface area contributed by atoms with Crippen molar-refractivity contribution in [2.45, 2.75) is 12.1 Å². The minimum atomic E-state index is -5.68. The van der Waals surface area contributed by atoms with E-state index < -0.39 is 28.0 Å². The largest absolute Gasteiger partial charge is 0.458 e. The summed E-state index contributed by atoms with van der Waals surface area (Å²) >= 11 is 0. The Balaban J connectivity index is 3.16. The Kier molecular flexibility index (Phi) is 3.56. The van der Waals surface area contributed by atoms with Crippen molar-refractivity contribution in [3.05, 3.63) is 35.4 Å². The third-order valence-corrected chi connectivity index (χ3v) is 2.33. The summed E-state index contributed by atoms with van der Waals surface area (Å²) in [6, 6.07) is 2.80. The van der Waals surface area contributed by atoms with Gasteiger partial charge in [0.15, 0.2) is 0 Å². The number of rotatable bonds is 2. The van der Waals surface area contributed by atoms with E-state index in [2.05, 4.69) is 0 Å². The molecule has 8 heteroatoms. The highest BCUT2D eigenvalue weighted by Gasteiger charge is 2.58. The van der Waals surface area contributed by atoms with E-state index in [0.29, 0.717) is 17.5 Å². The molecular formula is C9H5F5O2S. The van der Waals surface area contributed by atoms with Gasteiger partial charge in [-0.3, -0.25) is 0 Å². The Bertz CT molecular complexity index is 519. The quantitative estimate of drug-likeness (QED) is 0.612. The van der Waals surface area contributed by atoms with Gasteiger partial charge < -0.3 is 0 Å². The predicted molar refractivity (Wildman–Crippen MR) is 50.5 cm³/mol. The highest BCUT2D eigenvalue weighted by atomic mass is 32.2. The number of benzene rings is 1. The SMILES string of the molecule is O=S(=O)=Cc1ccc(C(F)(F)C(F)(F)F)cc1. The third kappa shape index (κ3) is 3.02. The molecule has 0 fully saturated rings. The maximum absolute atomic E-state index is 12.8. The summed E-state index contributed by atoms with van der Waals surface area (Å²) in [4.78, 5) is 0. The second-order valence-corrected chi connectivity index (χ2v) is 3.83. The molecule has 0 N–H and O–H groups in total. The molecular weight excluding hydrogens is 267 g/mol. The summed E-state index contributed by atoms with van der Waals surface area (Å²) in [5.41, 5.74) is -1.22. The van der Waals surface area contributed by atoms with Gasteiger partial charge in [-0.05, 0) is 5.56 Å². The lowest BCUT2D eigenvalue weighted by molar-refractivity contribution is -0.289. The van der Waals surface area contributed by atoms with E-state index in [4.69, 9.17) is 0 Å². The van der Waals surface area contributed by atoms with Crippen molar-refractivity contribution in [3.8, 4) is 0 Å². The van der Waals surface area contributed by atoms with Crippen LogP contribution in [0.4, 0.5) is 22.0 Å². The van der Waals surface area contributed by atoms with E-state index in [1.165, 1.54) is 0 Å². The lowest BCUT2D eigenvalue weighted by Gasteiger charge is -2.19. The second-order valence-electron chi connectivity index (χ2n) is 3.07. The van der Waals surface area contributed by atoms with Crippen molar-refractivity contribution >= 4 is 15.7 Å². The van der Waals surface area contributed by atoms with Crippen molar-refractivity contribution in [1.82, 2.24) is 0 Å². The van der Waals surface area contributed by atoms with Crippen LogP contribution in [0.1, 0.15) is 11.1 Å². The van der Waals surface area contributed by atoms with Gasteiger partial charge in [0.05, 0.1) is 5.37 Å². The van der Waals surface area contributed by atoms with Crippen LogP contribution in [0.2, 0.25) is 0 Å². The van der Waals surface area contributed by atoms with Gasteiger partial charge in [-0.25, -0.2) is 0 Å². The minimum Gasteiger partial charge on any atom is -0.191 e. The fourth-order valence-corrected chi connectivity index (χ4v) is 1.43. The molecule has 1 aromatic carbocycles. The summed E-state index contributed by atoms with van der Waals surface area (Å²) < 4.78 is 82.0. The molecule has 0 aliphatic carbocycles. The zero-order chi connectivity index (χ0) is 13.3. The van der Waals surface area contributed by atoms with E-state index >= 15 is 0 Å². The molecule has 2 nitrogen and oxygen atoms in total. The van der Waals surface area contributed by atoms with Crippen molar-refractivity contribution < 1.29 is 30.4 Å². The van der Waals surface area contributed by atoms with E-state index in [9.17, 15) is 30.4 Å². The zero-order valence-corrected chi connectivity index (χ0v) is 8.82. The molecule has 0 aromatic heterocycles. The Hall–Kier alpha value is -1.44. The van der Waals surface area contributed by atoms with Gasteiger partial charge in [0.25, 0.3) is 0 Å². The topological polar surface area (TPSA) is 34.1 Å². The fraction of sp³-hybridized carbons (Fsp3) is 0.222. The molecule has 0 atom stereocenters. The molecule has 17 heavy (non-hydrogen) atoms. The Morgan fingerprint density at radius 1 is 0.941 bits per heavy atom. The average Bonchev–Trinajstić information content (AvgIpc) is 2.15. The van der Waals surface area contributed by atoms with E-state index in [1.807, 2.05) is 0 Å². The number of hydrogen-bond acceptors (Lipinski definition) is 2. The zero-order valence-electron chi connectivity index (χ0n) is 8.00. The second kappa shape index (κ2) is 4.44. The summed E-state index contributed by atoms with van der Waals surface area (Å²) in [6.45, 7) is 0. The predicted octanol–water partition coefficient (Wildman–Crippen LogP) is 2.37. The van der Waals surface area contributed by atoms with Crippen LogP contribution in [-0.4, -0.2) is 20.0 Å². The van der Waals surface area contributed by atoms with Gasteiger partial charge >= 0.3 is 12.1 Å². The molecule has 0 amide bonds. The number of alkyl halides is 5. The third-order valence-electron chi connectivity index (χ3n) is 1.86. The molecule has 94 valence electrons. The van der Waals surface area contributed by atoms with Crippen LogP contribution < -0.4 is 0 Å². The molecule has 0 heterocycles. The first-order valence-electron chi connectivity index (χ1n) is 4.12. The molecule has 0 radical (unpaired) electrons. The van der Waals surface area contributed by atoms with E-state index in [1.54, 1.807) is 0 Å². The molecule has 1 aromatic rings. The van der Waals surface area contributed by atoms with Crippen molar-refractivity contribution in [3.63, 3.8) is 0 Å². The first-order valence-corrected chi connectivity index (χ1v) is 5.26. The maximum atomic E-state index is 12.8. The van der Waals surface area contributed by atoms with Crippen LogP contribution >= 0.6 is 0 Å². The molecule has 0 spiro atoms. The molecule has 0 saturated heterocycles. The van der Waals surface area contributed by atoms with E-state index in [-0.39, 0.29) is 5.56 Å². The van der Waals surface area contributed by atoms with Crippen molar-refractivity contribution in [2.24, 2.45) is 0 Å². The molecule has 0 aliphatic heterocycles. The molecule has 0 saturated carbocycles. The van der Waals surface area contributed by atoms with Crippen LogP contribution in [0.3, 0.4) is 0 Å². The Morgan fingerprint density at radius 2 is 1.41 bits per heavy atom. The summed E-state index contributed by atoms with van der Waals surface area (Å²) in [7, 11) is -2.55. The van der Waals surface area contributed by atoms with Crippen LogP contribution in [0.15, 0.2) is 24.3 Å². The minimum absolute atomic E-state index is 0.0139. The molecule has 0 bridgehead atoms. The van der Waals surface area contributed by atoms with Gasteiger partial charge in [0, 0.05) is 5.56 Å². The van der Waals surface area contributed by atoms with Gasteiger partial charge in [0.1, 0.15) is 0 Å². The number of halogens is 5. The first kappa shape index (κ1) is 13.6. The average molecular weight is 272 g/mol. The van der Waals surface area contributed by atoms with Gasteiger partial charge in [-0.1, -0.05) is 24.3 Å². The molecule has 0 unspecified atom stereocenters. The smallest absolute Gasteiger partial charge is 0.191 e. The Labute approximate surface area is 94.2 Å². The fourth-order valence-electron chi connectivity index (χ4n) is 1.05. The summed E-state index contributed by atoms with van der Waals surface area (Å²) in [6.07, 6.45) is -5.68. The Morgan fingerprint density at radius 3 is 1.76 bits per heavy atom. The first-order chi connectivity index (χ1) is 7.64. The molecule has 1 rings (SSSR count). The van der Waals surface area contributed by atoms with Gasteiger partial charge in [-0.2, -0.15) is 30.4 Å². The highest BCUT2D eigenvalue weighted by Crippen LogP contribution is 2.43. The number of hydrogen-bond donors (Lipinski definition) is 0. The van der Waals surface area contributed by atoms with Crippen LogP contribution in [-0.2, 0) is 16.2 Å². The normalized spacial score (nSPS) is 12.3. The maximum Gasteiger partial charge on any atom is 0.458 e. The standard InChI is InChI=1S/C9H5F5O2S/c10-8(11,9(12,13)14)7-3-1-6(2-4-7)5-17(15)16/h1-5H.